The van der Waals surface area contributed by atoms with Crippen molar-refractivity contribution in [2.75, 3.05) is 26.4 Å². The van der Waals surface area contributed by atoms with Crippen LogP contribution >= 0.6 is 15.9 Å². The van der Waals surface area contributed by atoms with Crippen LogP contribution in [0.15, 0.2) is 10.7 Å². The highest BCUT2D eigenvalue weighted by Crippen LogP contribution is 2.23. The summed E-state index contributed by atoms with van der Waals surface area (Å²) < 4.78 is 27.2. The Kier molecular flexibility index (Phi) is 5.85. The molecule has 23 heavy (non-hydrogen) atoms. The number of nitrogens with zero attached hydrogens (tertiary/aromatic N) is 4. The molecule has 0 N–H and O–H groups in total. The first-order valence-corrected chi connectivity index (χ1v) is 10.3. The van der Waals surface area contributed by atoms with Gasteiger partial charge in [-0.2, -0.15) is 5.10 Å². The fourth-order valence-corrected chi connectivity index (χ4v) is 4.07. The molecule has 1 aliphatic rings. The maximum atomic E-state index is 12.6. The third-order valence-corrected chi connectivity index (χ3v) is 6.11. The summed E-state index contributed by atoms with van der Waals surface area (Å²) in [5.74, 6) is -0.0684. The maximum Gasteiger partial charge on any atom is 0.225 e. The molecule has 0 saturated carbocycles. The number of rotatable bonds is 5. The molecule has 2 rings (SSSR count). The molecule has 0 bridgehead atoms. The Labute approximate surface area is 145 Å². The Bertz CT molecular complexity index is 666. The third kappa shape index (κ3) is 4.54. The SMILES string of the molecule is CCn1cc(Br)c(CN(C)C(=O)C2CCN(S(C)(=O)=O)CC2)n1. The summed E-state index contributed by atoms with van der Waals surface area (Å²) in [6, 6.07) is 0. The van der Waals surface area contributed by atoms with Crippen molar-refractivity contribution in [1.29, 1.82) is 0 Å². The molecule has 0 aliphatic carbocycles. The number of carbonyl (C=O) groups excluding carboxylic acids is 1. The summed E-state index contributed by atoms with van der Waals surface area (Å²) in [6.45, 7) is 4.06. The molecule has 0 aromatic carbocycles. The zero-order valence-electron chi connectivity index (χ0n) is 13.7. The van der Waals surface area contributed by atoms with E-state index in [9.17, 15) is 13.2 Å². The summed E-state index contributed by atoms with van der Waals surface area (Å²) >= 11 is 3.47. The van der Waals surface area contributed by atoms with Gasteiger partial charge in [0.25, 0.3) is 0 Å². The maximum absolute atomic E-state index is 12.6. The second kappa shape index (κ2) is 7.31. The van der Waals surface area contributed by atoms with E-state index in [4.69, 9.17) is 0 Å². The lowest BCUT2D eigenvalue weighted by Crippen LogP contribution is -2.43. The highest BCUT2D eigenvalue weighted by molar-refractivity contribution is 9.10. The zero-order chi connectivity index (χ0) is 17.2. The Balaban J connectivity index is 1.94. The van der Waals surface area contributed by atoms with Crippen LogP contribution in [0, 0.1) is 5.92 Å². The number of carbonyl (C=O) groups is 1. The van der Waals surface area contributed by atoms with Crippen LogP contribution in [0.5, 0.6) is 0 Å². The van der Waals surface area contributed by atoms with E-state index >= 15 is 0 Å². The van der Waals surface area contributed by atoms with Crippen molar-refractivity contribution in [2.24, 2.45) is 5.92 Å². The van der Waals surface area contributed by atoms with Gasteiger partial charge in [-0.25, -0.2) is 12.7 Å². The number of aryl methyl sites for hydroxylation is 1. The van der Waals surface area contributed by atoms with Crippen LogP contribution in [0.1, 0.15) is 25.5 Å². The standard InChI is InChI=1S/C14H23BrN4O3S/c1-4-18-9-12(15)13(16-18)10-17(2)14(20)11-5-7-19(8-6-11)23(3,21)22/h9,11H,4-8,10H2,1-3H3. The van der Waals surface area contributed by atoms with E-state index in [2.05, 4.69) is 21.0 Å². The molecule has 1 aromatic rings. The van der Waals surface area contributed by atoms with Crippen LogP contribution in [-0.2, 0) is 27.9 Å². The Hall–Kier alpha value is -0.930. The third-order valence-electron chi connectivity index (χ3n) is 4.15. The summed E-state index contributed by atoms with van der Waals surface area (Å²) in [6.07, 6.45) is 4.25. The fraction of sp³-hybridized carbons (Fsp3) is 0.714. The van der Waals surface area contributed by atoms with Crippen molar-refractivity contribution in [3.05, 3.63) is 16.4 Å². The first-order valence-electron chi connectivity index (χ1n) is 7.64. The number of amides is 1. The molecule has 1 aromatic heterocycles. The Morgan fingerprint density at radius 1 is 1.43 bits per heavy atom. The number of aromatic nitrogens is 2. The van der Waals surface area contributed by atoms with Crippen molar-refractivity contribution in [1.82, 2.24) is 19.0 Å². The summed E-state index contributed by atoms with van der Waals surface area (Å²) in [5.41, 5.74) is 0.830. The first-order chi connectivity index (χ1) is 10.7. The van der Waals surface area contributed by atoms with Crippen molar-refractivity contribution in [2.45, 2.75) is 32.9 Å². The van der Waals surface area contributed by atoms with E-state index in [1.165, 1.54) is 10.6 Å². The second-order valence-electron chi connectivity index (χ2n) is 5.91. The molecule has 7 nitrogen and oxygen atoms in total. The molecular formula is C14H23BrN4O3S. The van der Waals surface area contributed by atoms with Gasteiger partial charge >= 0.3 is 0 Å². The summed E-state index contributed by atoms with van der Waals surface area (Å²) in [7, 11) is -1.39. The van der Waals surface area contributed by atoms with Gasteiger partial charge in [0.15, 0.2) is 0 Å². The van der Waals surface area contributed by atoms with Crippen LogP contribution < -0.4 is 0 Å². The quantitative estimate of drug-likeness (QED) is 0.738. The number of piperidine rings is 1. The number of hydrogen-bond donors (Lipinski definition) is 0. The molecule has 0 radical (unpaired) electrons. The molecule has 9 heteroatoms. The lowest BCUT2D eigenvalue weighted by atomic mass is 9.96. The first kappa shape index (κ1) is 18.4. The van der Waals surface area contributed by atoms with Gasteiger partial charge in [-0.05, 0) is 35.7 Å². The number of sulfonamides is 1. The van der Waals surface area contributed by atoms with Gasteiger partial charge < -0.3 is 4.90 Å². The van der Waals surface area contributed by atoms with Gasteiger partial charge in [0.05, 0.1) is 23.0 Å². The largest absolute Gasteiger partial charge is 0.340 e. The van der Waals surface area contributed by atoms with Crippen molar-refractivity contribution in [3.63, 3.8) is 0 Å². The van der Waals surface area contributed by atoms with Gasteiger partial charge in [-0.15, -0.1) is 0 Å². The monoisotopic (exact) mass is 406 g/mol. The molecule has 1 aliphatic heterocycles. The molecule has 0 spiro atoms. The van der Waals surface area contributed by atoms with E-state index in [0.29, 0.717) is 32.5 Å². The smallest absolute Gasteiger partial charge is 0.225 e. The lowest BCUT2D eigenvalue weighted by Gasteiger charge is -2.31. The van der Waals surface area contributed by atoms with Crippen LogP contribution in [-0.4, -0.2) is 59.7 Å². The van der Waals surface area contributed by atoms with Crippen LogP contribution in [0.3, 0.4) is 0 Å². The molecule has 2 heterocycles. The molecule has 1 amide bonds. The fourth-order valence-electron chi connectivity index (χ4n) is 2.75. The van der Waals surface area contributed by atoms with Crippen molar-refractivity contribution < 1.29 is 13.2 Å². The molecule has 1 saturated heterocycles. The van der Waals surface area contributed by atoms with Crippen LogP contribution in [0.2, 0.25) is 0 Å². The minimum Gasteiger partial charge on any atom is -0.340 e. The van der Waals surface area contributed by atoms with Gasteiger partial charge in [0.2, 0.25) is 15.9 Å². The number of hydrogen-bond acceptors (Lipinski definition) is 4. The molecule has 0 unspecified atom stereocenters. The number of halogens is 1. The average Bonchev–Trinajstić information content (AvgIpc) is 2.86. The molecule has 1 fully saturated rings. The molecule has 0 atom stereocenters. The zero-order valence-corrected chi connectivity index (χ0v) is 16.1. The van der Waals surface area contributed by atoms with E-state index in [1.54, 1.807) is 11.9 Å². The predicted octanol–water partition coefficient (Wildman–Crippen LogP) is 1.30. The predicted molar refractivity (Wildman–Crippen MR) is 91.2 cm³/mol. The van der Waals surface area contributed by atoms with Crippen molar-refractivity contribution in [3.8, 4) is 0 Å². The minimum atomic E-state index is -3.16. The molecular weight excluding hydrogens is 384 g/mol. The van der Waals surface area contributed by atoms with E-state index in [0.717, 1.165) is 16.7 Å². The minimum absolute atomic E-state index is 0.0519. The van der Waals surface area contributed by atoms with Gasteiger partial charge in [0.1, 0.15) is 0 Å². The summed E-state index contributed by atoms with van der Waals surface area (Å²) in [4.78, 5) is 14.2. The lowest BCUT2D eigenvalue weighted by molar-refractivity contribution is -0.136. The van der Waals surface area contributed by atoms with E-state index in [1.807, 2.05) is 17.8 Å². The normalized spacial score (nSPS) is 17.4. The van der Waals surface area contributed by atoms with Crippen molar-refractivity contribution >= 4 is 31.9 Å². The van der Waals surface area contributed by atoms with Crippen LogP contribution in [0.4, 0.5) is 0 Å². The second-order valence-corrected chi connectivity index (χ2v) is 8.75. The van der Waals surface area contributed by atoms with Gasteiger partial charge in [-0.1, -0.05) is 0 Å². The van der Waals surface area contributed by atoms with E-state index in [-0.39, 0.29) is 11.8 Å². The molecule has 130 valence electrons. The topological polar surface area (TPSA) is 75.5 Å². The van der Waals surface area contributed by atoms with E-state index < -0.39 is 10.0 Å². The Morgan fingerprint density at radius 3 is 2.52 bits per heavy atom. The Morgan fingerprint density at radius 2 is 2.04 bits per heavy atom. The highest BCUT2D eigenvalue weighted by Gasteiger charge is 2.30. The average molecular weight is 407 g/mol. The van der Waals surface area contributed by atoms with Crippen LogP contribution in [0.25, 0.3) is 0 Å². The van der Waals surface area contributed by atoms with Gasteiger partial charge in [-0.3, -0.25) is 9.48 Å². The van der Waals surface area contributed by atoms with Gasteiger partial charge in [0, 0.05) is 38.8 Å². The summed E-state index contributed by atoms with van der Waals surface area (Å²) in [5, 5.41) is 4.43. The highest BCUT2D eigenvalue weighted by atomic mass is 79.9.